The van der Waals surface area contributed by atoms with Crippen molar-refractivity contribution in [3.8, 4) is 0 Å². The summed E-state index contributed by atoms with van der Waals surface area (Å²) in [6.07, 6.45) is -0.235. The van der Waals surface area contributed by atoms with Crippen LogP contribution in [0.3, 0.4) is 0 Å². The Morgan fingerprint density at radius 2 is 1.88 bits per heavy atom. The maximum atomic E-state index is 14.5. The number of benzene rings is 2. The SMILES string of the molecule is [B]C1CC(=O)NC(=O)C1([B])N1Cc2cc(CNC(=O)C(F)(F)c3ccc(Cl)cc3)ccc2C1=O. The van der Waals surface area contributed by atoms with Gasteiger partial charge in [-0.3, -0.25) is 24.5 Å². The number of nitrogens with one attached hydrogen (secondary N) is 2. The Hall–Kier alpha value is -3.20. The normalized spacial score (nSPS) is 22.4. The van der Waals surface area contributed by atoms with Crippen LogP contribution in [0.15, 0.2) is 42.5 Å². The third kappa shape index (κ3) is 3.98. The minimum atomic E-state index is -3.78. The molecule has 12 heteroatoms. The van der Waals surface area contributed by atoms with E-state index < -0.39 is 46.4 Å². The highest BCUT2D eigenvalue weighted by atomic mass is 35.5. The van der Waals surface area contributed by atoms with Gasteiger partial charge in [-0.25, -0.2) is 0 Å². The van der Waals surface area contributed by atoms with E-state index in [-0.39, 0.29) is 30.1 Å². The first-order valence-electron chi connectivity index (χ1n) is 10.2. The van der Waals surface area contributed by atoms with E-state index in [9.17, 15) is 28.0 Å². The Morgan fingerprint density at radius 3 is 2.53 bits per heavy atom. The lowest BCUT2D eigenvalue weighted by molar-refractivity contribution is -0.147. The van der Waals surface area contributed by atoms with Gasteiger partial charge in [0.05, 0.1) is 13.3 Å². The summed E-state index contributed by atoms with van der Waals surface area (Å²) in [6, 6.07) is 9.17. The highest BCUT2D eigenvalue weighted by molar-refractivity contribution is 6.38. The van der Waals surface area contributed by atoms with Gasteiger partial charge >= 0.3 is 5.92 Å². The molecule has 2 aliphatic rings. The van der Waals surface area contributed by atoms with Crippen molar-refractivity contribution in [3.05, 3.63) is 69.7 Å². The van der Waals surface area contributed by atoms with Gasteiger partial charge in [0.15, 0.2) is 0 Å². The van der Waals surface area contributed by atoms with Crippen LogP contribution in [-0.2, 0) is 33.4 Å². The van der Waals surface area contributed by atoms with Crippen molar-refractivity contribution in [2.75, 3.05) is 0 Å². The molecule has 0 aliphatic carbocycles. The van der Waals surface area contributed by atoms with Gasteiger partial charge < -0.3 is 10.2 Å². The molecule has 1 saturated heterocycles. The maximum Gasteiger partial charge on any atom is 0.349 e. The molecular formula is C22H16B2ClF2N3O4. The van der Waals surface area contributed by atoms with Gasteiger partial charge in [0.2, 0.25) is 11.8 Å². The first-order valence-corrected chi connectivity index (χ1v) is 10.6. The van der Waals surface area contributed by atoms with E-state index in [4.69, 9.17) is 27.3 Å². The van der Waals surface area contributed by atoms with Gasteiger partial charge in [0.25, 0.3) is 11.8 Å². The number of hydrogen-bond donors (Lipinski definition) is 2. The molecule has 7 nitrogen and oxygen atoms in total. The van der Waals surface area contributed by atoms with Crippen LogP contribution in [0.1, 0.15) is 33.5 Å². The van der Waals surface area contributed by atoms with Crippen LogP contribution >= 0.6 is 11.6 Å². The molecule has 2 heterocycles. The largest absolute Gasteiger partial charge is 0.349 e. The van der Waals surface area contributed by atoms with Crippen molar-refractivity contribution < 1.29 is 28.0 Å². The molecule has 0 saturated carbocycles. The molecular weight excluding hydrogens is 465 g/mol. The minimum Gasteiger partial charge on any atom is -0.346 e. The number of imide groups is 1. The number of piperidine rings is 1. The molecule has 0 aromatic heterocycles. The summed E-state index contributed by atoms with van der Waals surface area (Å²) in [4.78, 5) is 50.2. The third-order valence-corrected chi connectivity index (χ3v) is 6.20. The Morgan fingerprint density at radius 1 is 1.21 bits per heavy atom. The molecule has 2 N–H and O–H groups in total. The van der Waals surface area contributed by atoms with Crippen LogP contribution in [0.5, 0.6) is 0 Å². The van der Waals surface area contributed by atoms with Gasteiger partial charge in [-0.2, -0.15) is 8.78 Å². The summed E-state index contributed by atoms with van der Waals surface area (Å²) in [5.74, 6) is -8.40. The highest BCUT2D eigenvalue weighted by Crippen LogP contribution is 2.37. The second-order valence-corrected chi connectivity index (χ2v) is 8.60. The molecule has 34 heavy (non-hydrogen) atoms. The van der Waals surface area contributed by atoms with E-state index in [1.807, 2.05) is 0 Å². The second-order valence-electron chi connectivity index (χ2n) is 8.16. The molecule has 4 amide bonds. The Labute approximate surface area is 201 Å². The maximum absolute atomic E-state index is 14.5. The van der Waals surface area contributed by atoms with Crippen molar-refractivity contribution >= 4 is 50.9 Å². The zero-order chi connectivity index (χ0) is 24.8. The average Bonchev–Trinajstić information content (AvgIpc) is 3.12. The molecule has 170 valence electrons. The van der Waals surface area contributed by atoms with Gasteiger partial charge in [0.1, 0.15) is 7.85 Å². The Kier molecular flexibility index (Phi) is 6.01. The monoisotopic (exact) mass is 481 g/mol. The van der Waals surface area contributed by atoms with Crippen LogP contribution in [0.25, 0.3) is 0 Å². The van der Waals surface area contributed by atoms with E-state index in [1.54, 1.807) is 6.07 Å². The number of hydrogen-bond acceptors (Lipinski definition) is 4. The molecule has 2 atom stereocenters. The molecule has 1 fully saturated rings. The van der Waals surface area contributed by atoms with Crippen molar-refractivity contribution in [2.24, 2.45) is 0 Å². The van der Waals surface area contributed by atoms with Gasteiger partial charge in [0, 0.05) is 35.7 Å². The van der Waals surface area contributed by atoms with E-state index in [1.165, 1.54) is 24.3 Å². The van der Waals surface area contributed by atoms with E-state index in [0.717, 1.165) is 17.0 Å². The lowest BCUT2D eigenvalue weighted by atomic mass is 9.56. The van der Waals surface area contributed by atoms with Gasteiger partial charge in [-0.15, -0.1) is 0 Å². The topological polar surface area (TPSA) is 95.6 Å². The average molecular weight is 481 g/mol. The summed E-state index contributed by atoms with van der Waals surface area (Å²) in [6.45, 7) is -0.311. The smallest absolute Gasteiger partial charge is 0.346 e. The Balaban J connectivity index is 1.48. The number of carbonyl (C=O) groups is 4. The minimum absolute atomic E-state index is 0.0807. The van der Waals surface area contributed by atoms with Crippen molar-refractivity contribution in [1.29, 1.82) is 0 Å². The first-order chi connectivity index (χ1) is 15.9. The summed E-state index contributed by atoms with van der Waals surface area (Å²) in [5.41, 5.74) is -1.25. The molecule has 4 rings (SSSR count). The van der Waals surface area contributed by atoms with Crippen LogP contribution in [0, 0.1) is 0 Å². The number of rotatable bonds is 5. The van der Waals surface area contributed by atoms with Crippen molar-refractivity contribution in [1.82, 2.24) is 15.5 Å². The van der Waals surface area contributed by atoms with Crippen LogP contribution in [-0.4, -0.2) is 49.7 Å². The Bertz CT molecular complexity index is 1210. The number of amides is 4. The van der Waals surface area contributed by atoms with Crippen LogP contribution in [0.2, 0.25) is 10.8 Å². The van der Waals surface area contributed by atoms with Gasteiger partial charge in [-0.1, -0.05) is 35.9 Å². The lowest BCUT2D eigenvalue weighted by Crippen LogP contribution is -2.66. The molecule has 0 spiro atoms. The van der Waals surface area contributed by atoms with E-state index in [0.29, 0.717) is 11.1 Å². The standard InChI is InChI=1S/C22H16B2ClF2N3O4/c23-16-8-17(31)29-19(33)21(16,24)30-10-12-7-11(1-6-15(12)18(30)32)9-28-20(34)22(26,27)13-2-4-14(25)5-3-13/h1-7,16H,8-10H2,(H,28,34)(H,29,31,33). The quantitative estimate of drug-likeness (QED) is 0.501. The van der Waals surface area contributed by atoms with E-state index in [2.05, 4.69) is 10.6 Å². The van der Waals surface area contributed by atoms with Crippen molar-refractivity contribution in [2.45, 2.75) is 36.7 Å². The highest BCUT2D eigenvalue weighted by Gasteiger charge is 2.51. The predicted octanol–water partition coefficient (Wildman–Crippen LogP) is 1.57. The zero-order valence-electron chi connectivity index (χ0n) is 17.6. The fourth-order valence-electron chi connectivity index (χ4n) is 3.99. The zero-order valence-corrected chi connectivity index (χ0v) is 18.4. The summed E-state index contributed by atoms with van der Waals surface area (Å²) in [5, 5.41) is 4.55. The summed E-state index contributed by atoms with van der Waals surface area (Å²) >= 11 is 5.71. The van der Waals surface area contributed by atoms with Crippen molar-refractivity contribution in [3.63, 3.8) is 0 Å². The molecule has 2 unspecified atom stereocenters. The van der Waals surface area contributed by atoms with Crippen LogP contribution < -0.4 is 10.6 Å². The first kappa shape index (κ1) is 23.9. The van der Waals surface area contributed by atoms with E-state index >= 15 is 0 Å². The predicted molar refractivity (Wildman–Crippen MR) is 119 cm³/mol. The molecule has 2 aromatic carbocycles. The van der Waals surface area contributed by atoms with Crippen LogP contribution in [0.4, 0.5) is 8.78 Å². The molecule has 4 radical (unpaired) electrons. The molecule has 2 aromatic rings. The number of halogens is 3. The number of nitrogens with zero attached hydrogens (tertiary/aromatic N) is 1. The molecule has 0 bridgehead atoms. The number of carbonyl (C=O) groups excluding carboxylic acids is 4. The van der Waals surface area contributed by atoms with Gasteiger partial charge in [-0.05, 0) is 35.1 Å². The number of alkyl halides is 2. The second kappa shape index (κ2) is 8.54. The third-order valence-electron chi connectivity index (χ3n) is 5.95. The summed E-state index contributed by atoms with van der Waals surface area (Å²) < 4.78 is 28.9. The summed E-state index contributed by atoms with van der Waals surface area (Å²) in [7, 11) is 12.2. The number of fused-ring (bicyclic) bond motifs is 1. The fourth-order valence-corrected chi connectivity index (χ4v) is 4.12. The fraction of sp³-hybridized carbons (Fsp3) is 0.273. The molecule has 2 aliphatic heterocycles. The lowest BCUT2D eigenvalue weighted by Gasteiger charge is -2.45.